The molecule has 0 saturated heterocycles. The molecule has 0 fully saturated rings. The number of hydrogen-bond acceptors (Lipinski definition) is 4. The average Bonchev–Trinajstić information content (AvgIpc) is 2.56. The van der Waals surface area contributed by atoms with Gasteiger partial charge in [0.2, 0.25) is 0 Å². The molecule has 0 atom stereocenters. The molecule has 4 nitrogen and oxygen atoms in total. The Morgan fingerprint density at radius 3 is 2.08 bits per heavy atom. The lowest BCUT2D eigenvalue weighted by Crippen LogP contribution is -2.08. The van der Waals surface area contributed by atoms with Gasteiger partial charge in [-0.2, -0.15) is 5.26 Å². The molecule has 0 aromatic heterocycles. The van der Waals surface area contributed by atoms with E-state index in [9.17, 15) is 18.8 Å². The van der Waals surface area contributed by atoms with Gasteiger partial charge in [-0.1, -0.05) is 53.9 Å². The zero-order valence-electron chi connectivity index (χ0n) is 16.5. The Kier molecular flexibility index (Phi) is 8.36. The maximum absolute atomic E-state index is 12.5. The van der Waals surface area contributed by atoms with Gasteiger partial charge < -0.3 is 5.11 Å². The van der Waals surface area contributed by atoms with Crippen molar-refractivity contribution in [1.82, 2.24) is 0 Å². The van der Waals surface area contributed by atoms with E-state index >= 15 is 0 Å². The number of phenolic OH excluding ortho intramolecular Hbond substituents is 1. The second kappa shape index (κ2) is 9.78. The van der Waals surface area contributed by atoms with Crippen LogP contribution in [0.5, 0.6) is 5.75 Å². The summed E-state index contributed by atoms with van der Waals surface area (Å²) in [5.74, 6) is 0.445. The number of rotatable bonds is 9. The third-order valence-corrected chi connectivity index (χ3v) is 6.15. The highest BCUT2D eigenvalue weighted by atomic mass is 32.2. The molecule has 0 heterocycles. The summed E-state index contributed by atoms with van der Waals surface area (Å²) in [4.78, 5) is -0.205. The van der Waals surface area contributed by atoms with E-state index in [4.69, 9.17) is 0 Å². The Morgan fingerprint density at radius 1 is 1.12 bits per heavy atom. The Balaban J connectivity index is 3.29. The van der Waals surface area contributed by atoms with E-state index < -0.39 is 9.84 Å². The largest absolute Gasteiger partial charge is 0.507 e. The second-order valence-corrected chi connectivity index (χ2v) is 9.43. The monoisotopic (exact) mass is 377 g/mol. The molecule has 1 N–H and O–H groups in total. The molecular formula is C21H31NO3S. The van der Waals surface area contributed by atoms with Crippen LogP contribution in [0.1, 0.15) is 88.8 Å². The summed E-state index contributed by atoms with van der Waals surface area (Å²) in [6, 6.07) is 5.40. The van der Waals surface area contributed by atoms with Gasteiger partial charge in [-0.15, -0.1) is 0 Å². The summed E-state index contributed by atoms with van der Waals surface area (Å²) in [5.41, 5.74) is 2.17. The highest BCUT2D eigenvalue weighted by Gasteiger charge is 2.19. The highest BCUT2D eigenvalue weighted by molar-refractivity contribution is 7.95. The molecular weight excluding hydrogens is 346 g/mol. The molecule has 1 aromatic rings. The first-order chi connectivity index (χ1) is 12.1. The van der Waals surface area contributed by atoms with E-state index in [-0.39, 0.29) is 28.2 Å². The second-order valence-electron chi connectivity index (χ2n) is 7.36. The fraction of sp³-hybridized carbons (Fsp3) is 0.571. The molecule has 0 spiro atoms. The van der Waals surface area contributed by atoms with Gasteiger partial charge in [0, 0.05) is 0 Å². The number of nitriles is 1. The summed E-state index contributed by atoms with van der Waals surface area (Å²) >= 11 is 0. The van der Waals surface area contributed by atoms with Crippen molar-refractivity contribution in [3.63, 3.8) is 0 Å². The molecule has 144 valence electrons. The van der Waals surface area contributed by atoms with Gasteiger partial charge in [-0.25, -0.2) is 8.42 Å². The molecule has 0 unspecified atom stereocenters. The van der Waals surface area contributed by atoms with E-state index in [2.05, 4.69) is 6.92 Å². The van der Waals surface area contributed by atoms with Crippen LogP contribution < -0.4 is 0 Å². The zero-order valence-corrected chi connectivity index (χ0v) is 17.4. The van der Waals surface area contributed by atoms with Crippen LogP contribution in [-0.2, 0) is 9.84 Å². The van der Waals surface area contributed by atoms with Crippen molar-refractivity contribution in [1.29, 1.82) is 5.26 Å². The van der Waals surface area contributed by atoms with Gasteiger partial charge in [-0.3, -0.25) is 0 Å². The van der Waals surface area contributed by atoms with Crippen LogP contribution in [0.4, 0.5) is 0 Å². The first-order valence-electron chi connectivity index (χ1n) is 9.35. The minimum absolute atomic E-state index is 0.00144. The molecule has 1 rings (SSSR count). The van der Waals surface area contributed by atoms with Crippen LogP contribution in [0.25, 0.3) is 6.08 Å². The smallest absolute Gasteiger partial charge is 0.188 e. The van der Waals surface area contributed by atoms with Gasteiger partial charge in [0.25, 0.3) is 0 Å². The maximum atomic E-state index is 12.5. The number of allylic oxidation sites excluding steroid dienone is 1. The minimum Gasteiger partial charge on any atom is -0.507 e. The number of unbranched alkanes of at least 4 members (excludes halogenated alkanes) is 3. The maximum Gasteiger partial charge on any atom is 0.188 e. The van der Waals surface area contributed by atoms with Crippen LogP contribution in [0, 0.1) is 11.3 Å². The van der Waals surface area contributed by atoms with Crippen LogP contribution in [0.2, 0.25) is 0 Å². The first kappa shape index (κ1) is 22.2. The van der Waals surface area contributed by atoms with Gasteiger partial charge >= 0.3 is 0 Å². The van der Waals surface area contributed by atoms with Crippen molar-refractivity contribution in [2.75, 3.05) is 5.75 Å². The molecule has 0 bridgehead atoms. The van der Waals surface area contributed by atoms with Crippen LogP contribution in [-0.4, -0.2) is 19.3 Å². The zero-order chi connectivity index (χ0) is 19.9. The van der Waals surface area contributed by atoms with Crippen LogP contribution >= 0.6 is 0 Å². The van der Waals surface area contributed by atoms with E-state index in [0.29, 0.717) is 12.0 Å². The molecule has 0 aliphatic heterocycles. The number of sulfone groups is 1. The highest BCUT2D eigenvalue weighted by Crippen LogP contribution is 2.35. The first-order valence-corrected chi connectivity index (χ1v) is 11.0. The summed E-state index contributed by atoms with van der Waals surface area (Å²) in [6.45, 7) is 9.97. The van der Waals surface area contributed by atoms with Crippen LogP contribution in [0.15, 0.2) is 17.0 Å². The van der Waals surface area contributed by atoms with Gasteiger partial charge in [0.05, 0.1) is 5.75 Å². The molecule has 0 aliphatic rings. The molecule has 1 aromatic carbocycles. The van der Waals surface area contributed by atoms with Crippen molar-refractivity contribution >= 4 is 15.9 Å². The number of nitrogens with zero attached hydrogens (tertiary/aromatic N) is 1. The Morgan fingerprint density at radius 2 is 1.65 bits per heavy atom. The van der Waals surface area contributed by atoms with Crippen molar-refractivity contribution in [2.45, 2.75) is 72.1 Å². The summed E-state index contributed by atoms with van der Waals surface area (Å²) in [6.07, 6.45) is 4.88. The lowest BCUT2D eigenvalue weighted by atomic mass is 9.91. The van der Waals surface area contributed by atoms with Crippen molar-refractivity contribution in [3.05, 3.63) is 33.7 Å². The van der Waals surface area contributed by atoms with Crippen molar-refractivity contribution in [2.24, 2.45) is 0 Å². The Labute approximate surface area is 158 Å². The summed E-state index contributed by atoms with van der Waals surface area (Å²) in [5, 5.41) is 19.9. The molecule has 0 amide bonds. The normalized spacial score (nSPS) is 12.6. The van der Waals surface area contributed by atoms with E-state index in [1.807, 2.05) is 33.8 Å². The lowest BCUT2D eigenvalue weighted by Gasteiger charge is -2.16. The number of benzene rings is 1. The van der Waals surface area contributed by atoms with E-state index in [1.165, 1.54) is 6.08 Å². The summed E-state index contributed by atoms with van der Waals surface area (Å²) in [7, 11) is -3.59. The number of hydrogen-bond donors (Lipinski definition) is 1. The molecule has 0 radical (unpaired) electrons. The summed E-state index contributed by atoms with van der Waals surface area (Å²) < 4.78 is 25.0. The third-order valence-electron chi connectivity index (χ3n) is 4.44. The fourth-order valence-electron chi connectivity index (χ4n) is 2.84. The van der Waals surface area contributed by atoms with Gasteiger partial charge in [0.1, 0.15) is 16.7 Å². The van der Waals surface area contributed by atoms with Gasteiger partial charge in [-0.05, 0) is 53.2 Å². The van der Waals surface area contributed by atoms with E-state index in [0.717, 1.165) is 30.4 Å². The topological polar surface area (TPSA) is 78.2 Å². The van der Waals surface area contributed by atoms with Crippen molar-refractivity contribution < 1.29 is 13.5 Å². The number of phenols is 1. The van der Waals surface area contributed by atoms with Gasteiger partial charge in [0.15, 0.2) is 9.84 Å². The quantitative estimate of drug-likeness (QED) is 0.455. The Hall–Kier alpha value is -1.80. The Bertz CT molecular complexity index is 755. The molecule has 5 heteroatoms. The average molecular weight is 378 g/mol. The predicted molar refractivity (Wildman–Crippen MR) is 108 cm³/mol. The lowest BCUT2D eigenvalue weighted by molar-refractivity contribution is 0.454. The van der Waals surface area contributed by atoms with E-state index in [1.54, 1.807) is 12.1 Å². The molecule has 0 saturated carbocycles. The van der Waals surface area contributed by atoms with Crippen LogP contribution in [0.3, 0.4) is 0 Å². The minimum atomic E-state index is -3.59. The number of aromatic hydroxyl groups is 1. The third kappa shape index (κ3) is 5.88. The molecule has 26 heavy (non-hydrogen) atoms. The standard InChI is InChI=1S/C21H31NO3S/c1-6-7-8-9-10-26(24,25)18(14-22)11-17-12-19(15(2)3)21(23)20(13-17)16(4)5/h11-13,15-16,23H,6-10H2,1-5H3. The molecule has 0 aliphatic carbocycles. The fourth-order valence-corrected chi connectivity index (χ4v) is 4.10. The SMILES string of the molecule is CCCCCCS(=O)(=O)C(C#N)=Cc1cc(C(C)C)c(O)c(C(C)C)c1. The van der Waals surface area contributed by atoms with Crippen molar-refractivity contribution in [3.8, 4) is 11.8 Å². The predicted octanol–water partition coefficient (Wildman–Crippen LogP) is 5.50.